The van der Waals surface area contributed by atoms with Crippen molar-refractivity contribution in [2.75, 3.05) is 13.7 Å². The van der Waals surface area contributed by atoms with Gasteiger partial charge in [0, 0.05) is 17.5 Å². The van der Waals surface area contributed by atoms with Crippen LogP contribution in [0.2, 0.25) is 5.02 Å². The van der Waals surface area contributed by atoms with E-state index in [1.807, 2.05) is 48.5 Å². The predicted octanol–water partition coefficient (Wildman–Crippen LogP) is 4.96. The molecule has 3 aromatic carbocycles. The quantitative estimate of drug-likeness (QED) is 0.316. The zero-order valence-corrected chi connectivity index (χ0v) is 18.8. The monoisotopic (exact) mass is 473 g/mol. The molecule has 0 saturated carbocycles. The predicted molar refractivity (Wildman–Crippen MR) is 124 cm³/mol. The molecule has 33 heavy (non-hydrogen) atoms. The minimum Gasteiger partial charge on any atom is -0.497 e. The van der Waals surface area contributed by atoms with Crippen molar-refractivity contribution in [1.82, 2.24) is 5.32 Å². The van der Waals surface area contributed by atoms with Gasteiger partial charge in [-0.05, 0) is 66.1 Å². The average Bonchev–Trinajstić information content (AvgIpc) is 2.81. The van der Waals surface area contributed by atoms with Crippen LogP contribution < -0.4 is 10.1 Å². The van der Waals surface area contributed by atoms with Gasteiger partial charge in [0.2, 0.25) is 0 Å². The molecule has 0 aliphatic heterocycles. The maximum Gasteiger partial charge on any atom is 0.414 e. The zero-order chi connectivity index (χ0) is 24.2. The van der Waals surface area contributed by atoms with Crippen LogP contribution in [0.3, 0.4) is 0 Å². The highest BCUT2D eigenvalue weighted by Gasteiger charge is 2.14. The summed E-state index contributed by atoms with van der Waals surface area (Å²) in [5.74, 6) is -2.82. The Morgan fingerprint density at radius 1 is 0.909 bits per heavy atom. The van der Waals surface area contributed by atoms with Crippen molar-refractivity contribution in [3.05, 3.63) is 100 Å². The third kappa shape index (κ3) is 8.92. The summed E-state index contributed by atoms with van der Waals surface area (Å²) in [6, 6.07) is 22.7. The lowest BCUT2D eigenvalue weighted by atomic mass is 9.88. The molecule has 0 saturated heterocycles. The normalized spacial score (nSPS) is 11.1. The van der Waals surface area contributed by atoms with Gasteiger partial charge in [-0.1, -0.05) is 48.0 Å². The molecule has 0 heterocycles. The number of aliphatic carboxylic acids is 2. The molecule has 0 bridgehead atoms. The van der Waals surface area contributed by atoms with Crippen LogP contribution in [0.25, 0.3) is 0 Å². The third-order valence-corrected chi connectivity index (χ3v) is 5.08. The molecule has 0 radical (unpaired) electrons. The first kappa shape index (κ1) is 25.8. The Labute approximate surface area is 196 Å². The van der Waals surface area contributed by atoms with Crippen molar-refractivity contribution >= 4 is 23.5 Å². The summed E-state index contributed by atoms with van der Waals surface area (Å²) in [6.45, 7) is 1.64. The number of ether oxygens (including phenoxy) is 1. The molecule has 8 heteroatoms. The lowest BCUT2D eigenvalue weighted by Crippen LogP contribution is -2.17. The summed E-state index contributed by atoms with van der Waals surface area (Å²) in [7, 11) is 1.67. The number of rotatable bonds is 8. The Hall–Kier alpha value is -3.42. The van der Waals surface area contributed by atoms with E-state index in [4.69, 9.17) is 36.1 Å². The molecule has 1 atom stereocenters. The minimum absolute atomic E-state index is 0.186. The molecular weight excluding hydrogens is 449 g/mol. The molecule has 0 aliphatic rings. The van der Waals surface area contributed by atoms with Gasteiger partial charge in [-0.2, -0.15) is 0 Å². The van der Waals surface area contributed by atoms with Crippen molar-refractivity contribution in [3.63, 3.8) is 0 Å². The highest BCUT2D eigenvalue weighted by Crippen LogP contribution is 2.29. The number of carboxylic acids is 2. The number of carboxylic acid groups (broad SMARTS) is 2. The van der Waals surface area contributed by atoms with Gasteiger partial charge in [0.1, 0.15) is 11.6 Å². The molecule has 3 rings (SSSR count). The molecule has 174 valence electrons. The molecule has 0 spiro atoms. The van der Waals surface area contributed by atoms with Gasteiger partial charge in [-0.15, -0.1) is 0 Å². The fourth-order valence-corrected chi connectivity index (χ4v) is 3.26. The molecular formula is C25H25ClFNO5. The second kappa shape index (κ2) is 13.2. The van der Waals surface area contributed by atoms with Gasteiger partial charge >= 0.3 is 11.9 Å². The fraction of sp³-hybridized carbons (Fsp3) is 0.200. The van der Waals surface area contributed by atoms with Crippen LogP contribution in [0.5, 0.6) is 5.75 Å². The van der Waals surface area contributed by atoms with Crippen molar-refractivity contribution in [2.24, 2.45) is 0 Å². The van der Waals surface area contributed by atoms with Crippen LogP contribution in [0.4, 0.5) is 4.39 Å². The maximum atomic E-state index is 13.3. The van der Waals surface area contributed by atoms with E-state index in [-0.39, 0.29) is 11.7 Å². The van der Waals surface area contributed by atoms with E-state index in [2.05, 4.69) is 17.4 Å². The number of hydrogen-bond donors (Lipinski definition) is 3. The Kier molecular flexibility index (Phi) is 10.3. The van der Waals surface area contributed by atoms with E-state index in [0.29, 0.717) is 5.02 Å². The SMILES string of the molecule is COc1ccc(CNCCC(c2ccc(F)cc2)c2ccc(Cl)cc2)cc1.O=C(O)C(=O)O. The summed E-state index contributed by atoms with van der Waals surface area (Å²) in [5, 5.41) is 19.0. The smallest absolute Gasteiger partial charge is 0.414 e. The molecule has 3 aromatic rings. The first-order chi connectivity index (χ1) is 15.8. The summed E-state index contributed by atoms with van der Waals surface area (Å²) in [6.07, 6.45) is 0.906. The number of benzene rings is 3. The first-order valence-electron chi connectivity index (χ1n) is 10.1. The van der Waals surface area contributed by atoms with Gasteiger partial charge < -0.3 is 20.3 Å². The van der Waals surface area contributed by atoms with Gasteiger partial charge in [0.05, 0.1) is 7.11 Å². The number of methoxy groups -OCH3 is 1. The number of hydrogen-bond acceptors (Lipinski definition) is 4. The summed E-state index contributed by atoms with van der Waals surface area (Å²) < 4.78 is 18.5. The fourth-order valence-electron chi connectivity index (χ4n) is 3.14. The van der Waals surface area contributed by atoms with E-state index in [9.17, 15) is 4.39 Å². The lowest BCUT2D eigenvalue weighted by Gasteiger charge is -2.19. The van der Waals surface area contributed by atoms with Gasteiger partial charge in [0.25, 0.3) is 0 Å². The molecule has 0 aliphatic carbocycles. The van der Waals surface area contributed by atoms with E-state index < -0.39 is 11.9 Å². The number of carbonyl (C=O) groups is 2. The maximum absolute atomic E-state index is 13.3. The molecule has 6 nitrogen and oxygen atoms in total. The van der Waals surface area contributed by atoms with Gasteiger partial charge in [0.15, 0.2) is 0 Å². The van der Waals surface area contributed by atoms with Crippen LogP contribution in [-0.2, 0) is 16.1 Å². The highest BCUT2D eigenvalue weighted by atomic mass is 35.5. The number of halogens is 2. The van der Waals surface area contributed by atoms with Crippen molar-refractivity contribution in [2.45, 2.75) is 18.9 Å². The first-order valence-corrected chi connectivity index (χ1v) is 10.5. The van der Waals surface area contributed by atoms with Crippen molar-refractivity contribution in [3.8, 4) is 5.75 Å². The minimum atomic E-state index is -1.82. The van der Waals surface area contributed by atoms with Crippen LogP contribution >= 0.6 is 11.6 Å². The van der Waals surface area contributed by atoms with E-state index in [1.165, 1.54) is 23.3 Å². The highest BCUT2D eigenvalue weighted by molar-refractivity contribution is 6.30. The van der Waals surface area contributed by atoms with Crippen molar-refractivity contribution in [1.29, 1.82) is 0 Å². The largest absolute Gasteiger partial charge is 0.497 e. The molecule has 0 fully saturated rings. The Morgan fingerprint density at radius 3 is 1.91 bits per heavy atom. The standard InChI is InChI=1S/C23H23ClFNO.C2H2O4/c1-27-22-12-2-17(3-13-22)16-26-15-14-23(18-4-8-20(24)9-5-18)19-6-10-21(25)11-7-19;3-1(4)2(5)6/h2-13,23,26H,14-16H2,1H3;(H,3,4)(H,5,6). The van der Waals surface area contributed by atoms with E-state index in [1.54, 1.807) is 7.11 Å². The molecule has 0 aromatic heterocycles. The average molecular weight is 474 g/mol. The van der Waals surface area contributed by atoms with E-state index in [0.717, 1.165) is 30.8 Å². The molecule has 3 N–H and O–H groups in total. The summed E-state index contributed by atoms with van der Waals surface area (Å²) >= 11 is 6.03. The second-order valence-electron chi connectivity index (χ2n) is 7.08. The number of nitrogens with one attached hydrogen (secondary N) is 1. The van der Waals surface area contributed by atoms with Gasteiger partial charge in [-0.25, -0.2) is 14.0 Å². The van der Waals surface area contributed by atoms with Gasteiger partial charge in [-0.3, -0.25) is 0 Å². The second-order valence-corrected chi connectivity index (χ2v) is 7.52. The summed E-state index contributed by atoms with van der Waals surface area (Å²) in [5.41, 5.74) is 3.49. The summed E-state index contributed by atoms with van der Waals surface area (Å²) in [4.78, 5) is 18.2. The third-order valence-electron chi connectivity index (χ3n) is 4.83. The zero-order valence-electron chi connectivity index (χ0n) is 18.0. The van der Waals surface area contributed by atoms with Crippen molar-refractivity contribution < 1.29 is 28.9 Å². The molecule has 0 amide bonds. The van der Waals surface area contributed by atoms with Crippen LogP contribution in [0, 0.1) is 5.82 Å². The van der Waals surface area contributed by atoms with Crippen LogP contribution in [0.1, 0.15) is 29.0 Å². The van der Waals surface area contributed by atoms with Crippen LogP contribution in [0.15, 0.2) is 72.8 Å². The van der Waals surface area contributed by atoms with E-state index >= 15 is 0 Å². The Morgan fingerprint density at radius 2 is 1.42 bits per heavy atom. The van der Waals surface area contributed by atoms with Crippen LogP contribution in [-0.4, -0.2) is 35.8 Å². The Balaban J connectivity index is 0.000000569. The topological polar surface area (TPSA) is 95.9 Å². The Bertz CT molecular complexity index is 967. The lowest BCUT2D eigenvalue weighted by molar-refractivity contribution is -0.159. The molecule has 1 unspecified atom stereocenters.